The first-order valence-corrected chi connectivity index (χ1v) is 18.2. The van der Waals surface area contributed by atoms with Crippen molar-refractivity contribution in [1.29, 1.82) is 0 Å². The third-order valence-corrected chi connectivity index (χ3v) is 15.4. The normalized spacial score (nSPS) is 47.5. The zero-order valence-corrected chi connectivity index (χ0v) is 28.0. The first-order chi connectivity index (χ1) is 21.1. The highest BCUT2D eigenvalue weighted by atomic mass is 16.5. The molecule has 3 saturated heterocycles. The van der Waals surface area contributed by atoms with Gasteiger partial charge in [-0.15, -0.1) is 0 Å². The molecule has 0 amide bonds. The SMILES string of the molecule is COC(=O)c1ccc(C2=CCC3(C)C(CCC4(C)C5CCC6(NCCN7C8COC7(C)C8)CCC[C@@H]6C5CCC34)C2C)cc1. The predicted octanol–water partition coefficient (Wildman–Crippen LogP) is 7.70. The van der Waals surface area contributed by atoms with Crippen LogP contribution in [0, 0.1) is 46.3 Å². The highest BCUT2D eigenvalue weighted by Crippen LogP contribution is 2.70. The van der Waals surface area contributed by atoms with Gasteiger partial charge in [-0.1, -0.05) is 45.4 Å². The van der Waals surface area contributed by atoms with Crippen LogP contribution in [0.4, 0.5) is 0 Å². The Labute approximate surface area is 265 Å². The minimum atomic E-state index is -0.256. The lowest BCUT2D eigenvalue weighted by molar-refractivity contribution is -0.165. The molecule has 2 bridgehead atoms. The number of nitrogens with zero attached hydrogens (tertiary/aromatic N) is 1. The van der Waals surface area contributed by atoms with E-state index in [-0.39, 0.29) is 11.7 Å². The molecule has 44 heavy (non-hydrogen) atoms. The lowest BCUT2D eigenvalue weighted by Gasteiger charge is -2.67. The number of methoxy groups -OCH3 is 1. The molecule has 0 aromatic heterocycles. The van der Waals surface area contributed by atoms with Gasteiger partial charge in [0.2, 0.25) is 0 Å². The van der Waals surface area contributed by atoms with Crippen LogP contribution >= 0.6 is 0 Å². The first kappa shape index (κ1) is 29.7. The number of ether oxygens (including phenoxy) is 2. The van der Waals surface area contributed by atoms with Gasteiger partial charge in [-0.25, -0.2) is 4.79 Å². The molecule has 1 aromatic carbocycles. The van der Waals surface area contributed by atoms with Gasteiger partial charge in [0, 0.05) is 31.1 Å². The Hall–Kier alpha value is -1.69. The van der Waals surface area contributed by atoms with Crippen LogP contribution in [0.25, 0.3) is 5.57 Å². The fourth-order valence-electron chi connectivity index (χ4n) is 13.4. The summed E-state index contributed by atoms with van der Waals surface area (Å²) in [5.74, 6) is 4.51. The molecule has 5 heteroatoms. The molecule has 5 nitrogen and oxygen atoms in total. The molecule has 7 fully saturated rings. The van der Waals surface area contributed by atoms with Gasteiger partial charge in [0.15, 0.2) is 0 Å². The molecule has 0 radical (unpaired) electrons. The van der Waals surface area contributed by atoms with Crippen molar-refractivity contribution < 1.29 is 14.3 Å². The van der Waals surface area contributed by atoms with Gasteiger partial charge in [0.1, 0.15) is 5.72 Å². The smallest absolute Gasteiger partial charge is 0.337 e. The van der Waals surface area contributed by atoms with E-state index in [1.54, 1.807) is 0 Å². The van der Waals surface area contributed by atoms with E-state index < -0.39 is 0 Å². The Bertz CT molecular complexity index is 1320. The third kappa shape index (κ3) is 4.16. The van der Waals surface area contributed by atoms with E-state index in [1.807, 2.05) is 12.1 Å². The first-order valence-electron chi connectivity index (χ1n) is 18.2. The molecule has 1 N–H and O–H groups in total. The number of benzene rings is 1. The van der Waals surface area contributed by atoms with Crippen molar-refractivity contribution >= 4 is 11.5 Å². The number of esters is 1. The summed E-state index contributed by atoms with van der Waals surface area (Å²) in [6.45, 7) is 13.4. The number of rotatable bonds is 6. The second kappa shape index (κ2) is 10.4. The van der Waals surface area contributed by atoms with E-state index in [9.17, 15) is 4.79 Å². The van der Waals surface area contributed by atoms with Crippen LogP contribution in [0.15, 0.2) is 30.3 Å². The number of hydrogen-bond acceptors (Lipinski definition) is 5. The van der Waals surface area contributed by atoms with Gasteiger partial charge in [0.05, 0.1) is 19.3 Å². The van der Waals surface area contributed by atoms with Crippen LogP contribution in [0.1, 0.15) is 114 Å². The molecule has 9 rings (SSSR count). The molecule has 3 aliphatic heterocycles. The number of nitrogens with one attached hydrogen (secondary N) is 1. The molecule has 5 aliphatic carbocycles. The fraction of sp³-hybridized carbons (Fsp3) is 0.769. The molecule has 11 atom stereocenters. The maximum Gasteiger partial charge on any atom is 0.337 e. The van der Waals surface area contributed by atoms with Crippen molar-refractivity contribution in [2.45, 2.75) is 116 Å². The van der Waals surface area contributed by atoms with Gasteiger partial charge in [-0.3, -0.25) is 4.90 Å². The molecular weight excluding hydrogens is 544 g/mol. The zero-order valence-electron chi connectivity index (χ0n) is 28.0. The fourth-order valence-corrected chi connectivity index (χ4v) is 13.4. The van der Waals surface area contributed by atoms with E-state index in [2.05, 4.69) is 56.1 Å². The van der Waals surface area contributed by atoms with Crippen LogP contribution in [-0.4, -0.2) is 55.0 Å². The van der Waals surface area contributed by atoms with E-state index in [0.29, 0.717) is 33.9 Å². The summed E-state index contributed by atoms with van der Waals surface area (Å²) in [5, 5.41) is 4.26. The van der Waals surface area contributed by atoms with Crippen molar-refractivity contribution in [3.63, 3.8) is 0 Å². The van der Waals surface area contributed by atoms with Crippen molar-refractivity contribution in [1.82, 2.24) is 10.2 Å². The highest BCUT2D eigenvalue weighted by molar-refractivity contribution is 5.89. The monoisotopic (exact) mass is 600 g/mol. The summed E-state index contributed by atoms with van der Waals surface area (Å²) >= 11 is 0. The summed E-state index contributed by atoms with van der Waals surface area (Å²) in [7, 11) is 1.45. The summed E-state index contributed by atoms with van der Waals surface area (Å²) in [4.78, 5) is 14.6. The molecular formula is C39H56N2O3. The number of hydrogen-bond donors (Lipinski definition) is 1. The maximum absolute atomic E-state index is 12.0. The Kier molecular flexibility index (Phi) is 7.02. The average Bonchev–Trinajstić information content (AvgIpc) is 3.72. The average molecular weight is 601 g/mol. The van der Waals surface area contributed by atoms with Crippen molar-refractivity contribution in [3.8, 4) is 0 Å². The quantitative estimate of drug-likeness (QED) is 0.339. The van der Waals surface area contributed by atoms with Gasteiger partial charge in [0.25, 0.3) is 0 Å². The third-order valence-electron chi connectivity index (χ3n) is 15.4. The largest absolute Gasteiger partial charge is 0.465 e. The van der Waals surface area contributed by atoms with Gasteiger partial charge in [-0.2, -0.15) is 0 Å². The van der Waals surface area contributed by atoms with E-state index in [1.165, 1.54) is 88.9 Å². The Morgan fingerprint density at radius 1 is 0.977 bits per heavy atom. The number of carbonyl (C=O) groups excluding carboxylic acids is 1. The van der Waals surface area contributed by atoms with Crippen molar-refractivity contribution in [2.24, 2.45) is 46.3 Å². The second-order valence-corrected chi connectivity index (χ2v) is 16.9. The molecule has 3 heterocycles. The van der Waals surface area contributed by atoms with Crippen LogP contribution in [-0.2, 0) is 9.47 Å². The van der Waals surface area contributed by atoms with Crippen LogP contribution < -0.4 is 5.32 Å². The van der Waals surface area contributed by atoms with Crippen LogP contribution in [0.5, 0.6) is 0 Å². The number of fused-ring (bicyclic) bond motifs is 8. The Morgan fingerprint density at radius 3 is 2.50 bits per heavy atom. The summed E-state index contributed by atoms with van der Waals surface area (Å²) in [5.41, 5.74) is 4.68. The van der Waals surface area contributed by atoms with Crippen LogP contribution in [0.2, 0.25) is 0 Å². The molecule has 0 spiro atoms. The van der Waals surface area contributed by atoms with Crippen molar-refractivity contribution in [3.05, 3.63) is 41.5 Å². The number of allylic oxidation sites excluding steroid dienone is 2. The lowest BCUT2D eigenvalue weighted by atomic mass is 9.38. The maximum atomic E-state index is 12.0. The second-order valence-electron chi connectivity index (χ2n) is 16.9. The van der Waals surface area contributed by atoms with E-state index >= 15 is 0 Å². The van der Waals surface area contributed by atoms with Crippen LogP contribution in [0.3, 0.4) is 0 Å². The molecule has 8 aliphatic rings. The highest BCUT2D eigenvalue weighted by Gasteiger charge is 2.64. The number of carbonyl (C=O) groups is 1. The molecule has 1 aromatic rings. The van der Waals surface area contributed by atoms with E-state index in [0.717, 1.165) is 49.3 Å². The zero-order chi connectivity index (χ0) is 30.5. The van der Waals surface area contributed by atoms with Gasteiger partial charge >= 0.3 is 5.97 Å². The van der Waals surface area contributed by atoms with Crippen molar-refractivity contribution in [2.75, 3.05) is 26.8 Å². The Balaban J connectivity index is 0.983. The van der Waals surface area contributed by atoms with Gasteiger partial charge in [-0.05, 0) is 134 Å². The minimum Gasteiger partial charge on any atom is -0.465 e. The summed E-state index contributed by atoms with van der Waals surface area (Å²) < 4.78 is 11.0. The predicted molar refractivity (Wildman–Crippen MR) is 175 cm³/mol. The Morgan fingerprint density at radius 2 is 1.77 bits per heavy atom. The topological polar surface area (TPSA) is 50.8 Å². The van der Waals surface area contributed by atoms with E-state index in [4.69, 9.17) is 9.47 Å². The standard InChI is InChI=1S/C39H56N2O3/c1-25-29(26-8-10-27(11-9-26)35(42)43-5)14-18-36(2)31(25)15-19-37(3)32-16-20-39(17-6-7-33(39)30(32)12-13-34(36)37)40-21-22-41-28-23-38(41,4)44-24-28/h8-11,14,25,28,30-34,40H,6-7,12-13,15-24H2,1-5H3/t25?,28?,30?,31?,32?,33-,34?,36?,37?,38?,39?/m1/s1. The minimum absolute atomic E-state index is 0.0281. The summed E-state index contributed by atoms with van der Waals surface area (Å²) in [6.07, 6.45) is 17.7. The molecule has 240 valence electrons. The molecule has 4 saturated carbocycles. The summed E-state index contributed by atoms with van der Waals surface area (Å²) in [6, 6.07) is 8.82. The lowest BCUT2D eigenvalue weighted by Crippen LogP contribution is -2.64. The van der Waals surface area contributed by atoms with Gasteiger partial charge < -0.3 is 14.8 Å². The molecule has 10 unspecified atom stereocenters.